The Morgan fingerprint density at radius 1 is 1.30 bits per heavy atom. The maximum atomic E-state index is 13.7. The van der Waals surface area contributed by atoms with Gasteiger partial charge < -0.3 is 21.1 Å². The van der Waals surface area contributed by atoms with Crippen LogP contribution in [0.5, 0.6) is 0 Å². The van der Waals surface area contributed by atoms with Crippen LogP contribution < -0.4 is 16.0 Å². The lowest BCUT2D eigenvalue weighted by Gasteiger charge is -2.42. The molecule has 1 saturated heterocycles. The predicted molar refractivity (Wildman–Crippen MR) is 76.3 cm³/mol. The van der Waals surface area contributed by atoms with Gasteiger partial charge in [-0.1, -0.05) is 6.92 Å². The lowest BCUT2D eigenvalue weighted by Crippen LogP contribution is -2.50. The molecule has 6 atom stereocenters. The quantitative estimate of drug-likeness (QED) is 0.619. The lowest BCUT2D eigenvalue weighted by molar-refractivity contribution is 0.0937. The van der Waals surface area contributed by atoms with Crippen molar-refractivity contribution in [2.45, 2.75) is 57.6 Å². The van der Waals surface area contributed by atoms with Crippen molar-refractivity contribution in [3.8, 4) is 0 Å². The molecule has 0 bridgehead atoms. The molecule has 0 aromatic heterocycles. The van der Waals surface area contributed by atoms with E-state index in [0.29, 0.717) is 24.3 Å². The molecule has 3 aliphatic rings. The number of piperidine rings is 1. The summed E-state index contributed by atoms with van der Waals surface area (Å²) in [4.78, 5) is 0. The number of rotatable bonds is 2. The summed E-state index contributed by atoms with van der Waals surface area (Å²) in [5, 5.41) is 19.2. The van der Waals surface area contributed by atoms with Gasteiger partial charge in [-0.25, -0.2) is 4.39 Å². The van der Waals surface area contributed by atoms with Crippen molar-refractivity contribution in [1.82, 2.24) is 16.0 Å². The van der Waals surface area contributed by atoms with Crippen LogP contribution in [0.2, 0.25) is 0 Å². The first kappa shape index (κ1) is 14.1. The topological polar surface area (TPSA) is 56.3 Å². The molecule has 0 aromatic carbocycles. The molecule has 6 unspecified atom stereocenters. The molecule has 2 aliphatic heterocycles. The fraction of sp³-hybridized carbons (Fsp3) is 0.867. The van der Waals surface area contributed by atoms with Crippen molar-refractivity contribution < 1.29 is 9.50 Å². The minimum Gasteiger partial charge on any atom is -0.357 e. The van der Waals surface area contributed by atoms with Gasteiger partial charge in [0.2, 0.25) is 6.35 Å². The normalized spacial score (nSPS) is 45.5. The van der Waals surface area contributed by atoms with Gasteiger partial charge in [-0.15, -0.1) is 0 Å². The lowest BCUT2D eigenvalue weighted by atomic mass is 9.71. The van der Waals surface area contributed by atoms with Crippen LogP contribution in [-0.4, -0.2) is 30.2 Å². The van der Waals surface area contributed by atoms with Gasteiger partial charge in [0.25, 0.3) is 0 Å². The van der Waals surface area contributed by atoms with E-state index in [0.717, 1.165) is 37.9 Å². The van der Waals surface area contributed by atoms with Gasteiger partial charge in [0.1, 0.15) is 6.17 Å². The fourth-order valence-electron chi connectivity index (χ4n) is 4.11. The Balaban J connectivity index is 1.69. The first-order chi connectivity index (χ1) is 9.65. The van der Waals surface area contributed by atoms with Crippen molar-refractivity contribution >= 4 is 0 Å². The highest BCUT2D eigenvalue weighted by Crippen LogP contribution is 2.38. The molecule has 2 heterocycles. The molecule has 0 radical (unpaired) electrons. The molecule has 20 heavy (non-hydrogen) atoms. The van der Waals surface area contributed by atoms with E-state index < -0.39 is 12.5 Å². The van der Waals surface area contributed by atoms with Crippen molar-refractivity contribution in [1.29, 1.82) is 0 Å². The molecule has 0 spiro atoms. The molecule has 1 aliphatic carbocycles. The first-order valence-electron chi connectivity index (χ1n) is 7.93. The summed E-state index contributed by atoms with van der Waals surface area (Å²) in [5.74, 6) is 1.12. The second-order valence-corrected chi connectivity index (χ2v) is 6.61. The first-order valence-corrected chi connectivity index (χ1v) is 7.93. The Hall–Kier alpha value is -0.810. The maximum absolute atomic E-state index is 13.7. The third kappa shape index (κ3) is 2.79. The average molecular weight is 283 g/mol. The molecule has 2 fully saturated rings. The Bertz CT molecular complexity index is 376. The molecule has 0 aromatic rings. The van der Waals surface area contributed by atoms with Crippen LogP contribution in [0.3, 0.4) is 0 Å². The fourth-order valence-corrected chi connectivity index (χ4v) is 4.11. The monoisotopic (exact) mass is 283 g/mol. The second-order valence-electron chi connectivity index (χ2n) is 6.61. The van der Waals surface area contributed by atoms with E-state index >= 15 is 0 Å². The highest BCUT2D eigenvalue weighted by Gasteiger charge is 2.39. The van der Waals surface area contributed by atoms with E-state index in [4.69, 9.17) is 0 Å². The zero-order chi connectivity index (χ0) is 14.1. The molecule has 4 N–H and O–H groups in total. The number of hydrogen-bond acceptors (Lipinski definition) is 4. The minimum absolute atomic E-state index is 0.173. The molecule has 1 saturated carbocycles. The third-order valence-corrected chi connectivity index (χ3v) is 5.22. The molecule has 5 heteroatoms. The number of hydrogen-bond donors (Lipinski definition) is 4. The Morgan fingerprint density at radius 2 is 2.15 bits per heavy atom. The zero-order valence-electron chi connectivity index (χ0n) is 12.1. The van der Waals surface area contributed by atoms with Gasteiger partial charge in [-0.3, -0.25) is 0 Å². The highest BCUT2D eigenvalue weighted by atomic mass is 19.1. The van der Waals surface area contributed by atoms with Crippen LogP contribution >= 0.6 is 0 Å². The molecule has 3 rings (SSSR count). The van der Waals surface area contributed by atoms with Crippen LogP contribution in [-0.2, 0) is 0 Å². The Morgan fingerprint density at radius 3 is 2.85 bits per heavy atom. The predicted octanol–water partition coefficient (Wildman–Crippen LogP) is 1.44. The largest absolute Gasteiger partial charge is 0.357 e. The van der Waals surface area contributed by atoms with Crippen molar-refractivity contribution in [2.24, 2.45) is 17.8 Å². The van der Waals surface area contributed by atoms with E-state index in [1.165, 1.54) is 0 Å². The highest BCUT2D eigenvalue weighted by molar-refractivity contribution is 5.14. The van der Waals surface area contributed by atoms with Gasteiger partial charge >= 0.3 is 0 Å². The van der Waals surface area contributed by atoms with Gasteiger partial charge in [-0.05, 0) is 50.5 Å². The second kappa shape index (κ2) is 5.90. The third-order valence-electron chi connectivity index (χ3n) is 5.22. The maximum Gasteiger partial charge on any atom is 0.202 e. The summed E-state index contributed by atoms with van der Waals surface area (Å²) < 4.78 is 13.7. The van der Waals surface area contributed by atoms with Gasteiger partial charge in [0.15, 0.2) is 0 Å². The van der Waals surface area contributed by atoms with Crippen molar-refractivity contribution in [2.75, 3.05) is 6.54 Å². The van der Waals surface area contributed by atoms with Crippen LogP contribution in [0, 0.1) is 17.8 Å². The van der Waals surface area contributed by atoms with Crippen LogP contribution in [0.15, 0.2) is 11.9 Å². The Kier molecular flexibility index (Phi) is 4.17. The number of aliphatic hydroxyl groups excluding tert-OH is 1. The van der Waals surface area contributed by atoms with Crippen LogP contribution in [0.25, 0.3) is 0 Å². The summed E-state index contributed by atoms with van der Waals surface area (Å²) in [6.07, 6.45) is 5.55. The van der Waals surface area contributed by atoms with E-state index in [1.807, 2.05) is 13.1 Å². The molecule has 114 valence electrons. The van der Waals surface area contributed by atoms with Gasteiger partial charge in [0, 0.05) is 23.9 Å². The summed E-state index contributed by atoms with van der Waals surface area (Å²) in [6, 6.07) is 0.407. The minimum atomic E-state index is -0.659. The van der Waals surface area contributed by atoms with E-state index in [9.17, 15) is 9.50 Å². The smallest absolute Gasteiger partial charge is 0.202 e. The van der Waals surface area contributed by atoms with Crippen molar-refractivity contribution in [3.63, 3.8) is 0 Å². The Labute approximate surface area is 120 Å². The number of alkyl halides is 1. The van der Waals surface area contributed by atoms with E-state index in [1.54, 1.807) is 0 Å². The van der Waals surface area contributed by atoms with Crippen molar-refractivity contribution in [3.05, 3.63) is 11.9 Å². The summed E-state index contributed by atoms with van der Waals surface area (Å²) in [7, 11) is 0. The standard InChI is InChI=1S/C15H26FN3O/c1-9-7-10(4-5-12(9)16)14-11(3-2-6-17-14)13-8-18-15(20)19-13/h8-12,14-15,17-20H,2-7H2,1H3. The summed E-state index contributed by atoms with van der Waals surface area (Å²) >= 11 is 0. The summed E-state index contributed by atoms with van der Waals surface area (Å²) in [5.41, 5.74) is 1.10. The number of aliphatic hydroxyl groups is 1. The van der Waals surface area contributed by atoms with Crippen LogP contribution in [0.4, 0.5) is 4.39 Å². The average Bonchev–Trinajstić information content (AvgIpc) is 2.88. The summed E-state index contributed by atoms with van der Waals surface area (Å²) in [6.45, 7) is 3.08. The SMILES string of the molecule is CC1CC(C2NCCCC2C2=CNC(O)N2)CCC1F. The molecule has 4 nitrogen and oxygen atoms in total. The zero-order valence-corrected chi connectivity index (χ0v) is 12.1. The van der Waals surface area contributed by atoms with Gasteiger partial charge in [-0.2, -0.15) is 0 Å². The number of halogens is 1. The molecular weight excluding hydrogens is 257 g/mol. The molecule has 0 amide bonds. The van der Waals surface area contributed by atoms with E-state index in [2.05, 4.69) is 16.0 Å². The van der Waals surface area contributed by atoms with Gasteiger partial charge in [0.05, 0.1) is 0 Å². The van der Waals surface area contributed by atoms with Crippen LogP contribution in [0.1, 0.15) is 39.0 Å². The molecular formula is C15H26FN3O. The number of nitrogens with one attached hydrogen (secondary N) is 3. The van der Waals surface area contributed by atoms with E-state index in [-0.39, 0.29) is 5.92 Å².